The number of nitro benzene ring substituents is 1. The average molecular weight is 351 g/mol. The number of anilines is 1. The van der Waals surface area contributed by atoms with Crippen LogP contribution in [0.5, 0.6) is 5.75 Å². The zero-order valence-electron chi connectivity index (χ0n) is 11.0. The molecule has 0 spiro atoms. The third kappa shape index (κ3) is 3.54. The Morgan fingerprint density at radius 3 is 2.38 bits per heavy atom. The number of nitrogens with two attached hydrogens (primary N) is 1. The Bertz CT molecular complexity index is 701. The number of ether oxygens (including phenoxy) is 1. The Morgan fingerprint density at radius 2 is 1.81 bits per heavy atom. The quantitative estimate of drug-likeness (QED) is 0.382. The van der Waals surface area contributed by atoms with Crippen molar-refractivity contribution in [2.24, 2.45) is 10.2 Å². The number of rotatable bonds is 4. The molecule has 0 aliphatic rings. The largest absolute Gasteiger partial charge is 0.494 e. The Labute approximate surface area is 128 Å². The standard InChI is InChI=1S/C13H11BrN4O3/c1-21-12-7-9(6-11(14)13(12)15)17-16-8-2-4-10(5-3-8)18(19)20/h2-7H,15H2,1H3. The smallest absolute Gasteiger partial charge is 0.269 e. The van der Waals surface area contributed by atoms with Crippen molar-refractivity contribution in [3.63, 3.8) is 0 Å². The first-order chi connectivity index (χ1) is 10.0. The van der Waals surface area contributed by atoms with Crippen molar-refractivity contribution < 1.29 is 9.66 Å². The number of hydrogen-bond donors (Lipinski definition) is 1. The summed E-state index contributed by atoms with van der Waals surface area (Å²) < 4.78 is 5.78. The highest BCUT2D eigenvalue weighted by Gasteiger charge is 2.07. The fourth-order valence-corrected chi connectivity index (χ4v) is 1.99. The van der Waals surface area contributed by atoms with Gasteiger partial charge in [-0.15, -0.1) is 0 Å². The van der Waals surface area contributed by atoms with Gasteiger partial charge in [0.05, 0.1) is 29.1 Å². The van der Waals surface area contributed by atoms with Gasteiger partial charge in [0.1, 0.15) is 5.75 Å². The van der Waals surface area contributed by atoms with Crippen LogP contribution in [0.4, 0.5) is 22.7 Å². The van der Waals surface area contributed by atoms with E-state index in [1.807, 2.05) is 0 Å². The van der Waals surface area contributed by atoms with Gasteiger partial charge < -0.3 is 10.5 Å². The number of non-ortho nitro benzene ring substituents is 1. The van der Waals surface area contributed by atoms with E-state index < -0.39 is 4.92 Å². The van der Waals surface area contributed by atoms with Gasteiger partial charge in [-0.2, -0.15) is 10.2 Å². The van der Waals surface area contributed by atoms with Crippen molar-refractivity contribution in [1.29, 1.82) is 0 Å². The van der Waals surface area contributed by atoms with Crippen LogP contribution >= 0.6 is 15.9 Å². The Balaban J connectivity index is 2.25. The second-order valence-corrected chi connectivity index (χ2v) is 4.87. The second-order valence-electron chi connectivity index (χ2n) is 4.02. The van der Waals surface area contributed by atoms with E-state index in [0.717, 1.165) is 0 Å². The number of benzene rings is 2. The molecule has 0 aliphatic carbocycles. The van der Waals surface area contributed by atoms with Crippen LogP contribution in [0.15, 0.2) is 51.1 Å². The van der Waals surface area contributed by atoms with E-state index in [9.17, 15) is 10.1 Å². The molecule has 2 aromatic rings. The molecule has 0 saturated heterocycles. The van der Waals surface area contributed by atoms with Crippen LogP contribution in [0.3, 0.4) is 0 Å². The van der Waals surface area contributed by atoms with Gasteiger partial charge in [-0.3, -0.25) is 10.1 Å². The van der Waals surface area contributed by atoms with E-state index in [0.29, 0.717) is 27.3 Å². The minimum atomic E-state index is -0.469. The van der Waals surface area contributed by atoms with E-state index in [4.69, 9.17) is 10.5 Å². The number of nitro groups is 1. The molecule has 0 unspecified atom stereocenters. The number of nitrogens with zero attached hydrogens (tertiary/aromatic N) is 3. The molecule has 7 nitrogen and oxygen atoms in total. The van der Waals surface area contributed by atoms with E-state index in [1.54, 1.807) is 12.1 Å². The van der Waals surface area contributed by atoms with Crippen LogP contribution in [-0.2, 0) is 0 Å². The summed E-state index contributed by atoms with van der Waals surface area (Å²) in [6, 6.07) is 9.12. The maximum absolute atomic E-state index is 10.6. The summed E-state index contributed by atoms with van der Waals surface area (Å²) in [6.07, 6.45) is 0. The first-order valence-corrected chi connectivity index (χ1v) is 6.60. The molecule has 108 valence electrons. The lowest BCUT2D eigenvalue weighted by Gasteiger charge is -2.06. The lowest BCUT2D eigenvalue weighted by molar-refractivity contribution is -0.384. The van der Waals surface area contributed by atoms with E-state index >= 15 is 0 Å². The molecule has 0 aromatic heterocycles. The summed E-state index contributed by atoms with van der Waals surface area (Å²) in [5.41, 5.74) is 7.34. The molecular weight excluding hydrogens is 340 g/mol. The molecule has 0 atom stereocenters. The molecule has 2 rings (SSSR count). The first-order valence-electron chi connectivity index (χ1n) is 5.80. The van der Waals surface area contributed by atoms with Crippen molar-refractivity contribution in [1.82, 2.24) is 0 Å². The van der Waals surface area contributed by atoms with Crippen LogP contribution < -0.4 is 10.5 Å². The molecular formula is C13H11BrN4O3. The minimum Gasteiger partial charge on any atom is -0.494 e. The lowest BCUT2D eigenvalue weighted by atomic mass is 10.2. The van der Waals surface area contributed by atoms with E-state index in [2.05, 4.69) is 26.2 Å². The van der Waals surface area contributed by atoms with Crippen LogP contribution in [0.1, 0.15) is 0 Å². The van der Waals surface area contributed by atoms with Gasteiger partial charge in [-0.05, 0) is 34.1 Å². The van der Waals surface area contributed by atoms with Gasteiger partial charge in [0.25, 0.3) is 5.69 Å². The van der Waals surface area contributed by atoms with Crippen LogP contribution in [0.25, 0.3) is 0 Å². The molecule has 0 bridgehead atoms. The highest BCUT2D eigenvalue weighted by molar-refractivity contribution is 9.10. The number of hydrogen-bond acceptors (Lipinski definition) is 6. The van der Waals surface area contributed by atoms with Crippen molar-refractivity contribution in [2.45, 2.75) is 0 Å². The molecule has 0 heterocycles. The van der Waals surface area contributed by atoms with Crippen molar-refractivity contribution in [3.05, 3.63) is 51.0 Å². The summed E-state index contributed by atoms with van der Waals surface area (Å²) in [4.78, 5) is 10.1. The van der Waals surface area contributed by atoms with E-state index in [1.165, 1.54) is 31.4 Å². The maximum Gasteiger partial charge on any atom is 0.269 e. The van der Waals surface area contributed by atoms with Crippen LogP contribution in [0.2, 0.25) is 0 Å². The molecule has 0 amide bonds. The van der Waals surface area contributed by atoms with Crippen molar-refractivity contribution in [3.8, 4) is 5.75 Å². The lowest BCUT2D eigenvalue weighted by Crippen LogP contribution is -1.92. The number of halogens is 1. The molecule has 0 saturated carbocycles. The third-order valence-corrected chi connectivity index (χ3v) is 3.29. The highest BCUT2D eigenvalue weighted by atomic mass is 79.9. The molecule has 2 aromatic carbocycles. The SMILES string of the molecule is COc1cc(N=Nc2ccc([N+](=O)[O-])cc2)cc(Br)c1N. The minimum absolute atomic E-state index is 0.00542. The van der Waals surface area contributed by atoms with E-state index in [-0.39, 0.29) is 5.69 Å². The zero-order valence-corrected chi connectivity index (χ0v) is 12.6. The van der Waals surface area contributed by atoms with Gasteiger partial charge in [-0.1, -0.05) is 0 Å². The average Bonchev–Trinajstić information content (AvgIpc) is 2.48. The van der Waals surface area contributed by atoms with Crippen molar-refractivity contribution >= 4 is 38.7 Å². The summed E-state index contributed by atoms with van der Waals surface area (Å²) in [5.74, 6) is 0.488. The normalized spacial score (nSPS) is 10.8. The molecule has 2 N–H and O–H groups in total. The molecule has 0 aliphatic heterocycles. The highest BCUT2D eigenvalue weighted by Crippen LogP contribution is 2.35. The topological polar surface area (TPSA) is 103 Å². The first kappa shape index (κ1) is 14.9. The molecule has 21 heavy (non-hydrogen) atoms. The summed E-state index contributed by atoms with van der Waals surface area (Å²) >= 11 is 3.31. The summed E-state index contributed by atoms with van der Waals surface area (Å²) in [6.45, 7) is 0. The predicted molar refractivity (Wildman–Crippen MR) is 82.4 cm³/mol. The Morgan fingerprint density at radius 1 is 1.19 bits per heavy atom. The number of azo groups is 1. The number of nitrogen functional groups attached to an aromatic ring is 1. The maximum atomic E-state index is 10.6. The van der Waals surface area contributed by atoms with Gasteiger partial charge in [0.2, 0.25) is 0 Å². The van der Waals surface area contributed by atoms with Crippen LogP contribution in [-0.4, -0.2) is 12.0 Å². The summed E-state index contributed by atoms with van der Waals surface area (Å²) in [5, 5.41) is 18.6. The predicted octanol–water partition coefficient (Wildman–Crippen LogP) is 4.36. The fourth-order valence-electron chi connectivity index (χ4n) is 1.56. The monoisotopic (exact) mass is 350 g/mol. The number of methoxy groups -OCH3 is 1. The molecule has 0 fully saturated rings. The van der Waals surface area contributed by atoms with Crippen molar-refractivity contribution in [2.75, 3.05) is 12.8 Å². The van der Waals surface area contributed by atoms with Gasteiger partial charge in [0.15, 0.2) is 0 Å². The Hall–Kier alpha value is -2.48. The van der Waals surface area contributed by atoms with Crippen LogP contribution in [0, 0.1) is 10.1 Å². The fraction of sp³-hybridized carbons (Fsp3) is 0.0769. The third-order valence-electron chi connectivity index (χ3n) is 2.64. The second kappa shape index (κ2) is 6.31. The molecule has 8 heteroatoms. The molecule has 0 radical (unpaired) electrons. The van der Waals surface area contributed by atoms with Gasteiger partial charge in [0, 0.05) is 22.7 Å². The van der Waals surface area contributed by atoms with Gasteiger partial charge in [-0.25, -0.2) is 0 Å². The zero-order chi connectivity index (χ0) is 15.4. The Kier molecular flexibility index (Phi) is 4.49. The summed E-state index contributed by atoms with van der Waals surface area (Å²) in [7, 11) is 1.51. The van der Waals surface area contributed by atoms with Gasteiger partial charge >= 0.3 is 0 Å².